The third-order valence-electron chi connectivity index (χ3n) is 8.29. The highest BCUT2D eigenvalue weighted by Crippen LogP contribution is 2.37. The number of fused-ring (bicyclic) bond motifs is 2. The molecule has 2 heterocycles. The van der Waals surface area contributed by atoms with Crippen molar-refractivity contribution in [3.63, 3.8) is 0 Å². The molecule has 0 unspecified atom stereocenters. The zero-order valence-electron chi connectivity index (χ0n) is 23.0. The Morgan fingerprint density at radius 2 is 0.763 bits per heavy atom. The Bertz CT molecular complexity index is 1690. The van der Waals surface area contributed by atoms with Crippen LogP contribution in [0, 0.1) is 0 Å². The van der Waals surface area contributed by atoms with Crippen molar-refractivity contribution in [3.05, 3.63) is 69.4 Å². The van der Waals surface area contributed by atoms with Gasteiger partial charge in [-0.3, -0.25) is 0 Å². The van der Waals surface area contributed by atoms with Crippen LogP contribution in [0.2, 0.25) is 0 Å². The molecule has 0 radical (unpaired) electrons. The van der Waals surface area contributed by atoms with E-state index in [1.807, 2.05) is 0 Å². The average Bonchev–Trinajstić information content (AvgIpc) is 2.90. The summed E-state index contributed by atoms with van der Waals surface area (Å²) in [4.78, 5) is 9.27. The van der Waals surface area contributed by atoms with Crippen molar-refractivity contribution in [2.45, 2.75) is 12.8 Å². The normalized spacial score (nSPS) is 14.6. The molecule has 0 bridgehead atoms. The molecule has 0 saturated carbocycles. The molecule has 0 aromatic heterocycles. The second-order valence-electron chi connectivity index (χ2n) is 11.6. The summed E-state index contributed by atoms with van der Waals surface area (Å²) in [6.07, 6.45) is 11.7. The Balaban J connectivity index is 1.41. The topological polar surface area (TPSA) is 13.0 Å². The first kappa shape index (κ1) is 23.5. The smallest absolute Gasteiger partial charge is 0.0232 e. The van der Waals surface area contributed by atoms with E-state index >= 15 is 0 Å². The zero-order chi connectivity index (χ0) is 26.0. The van der Waals surface area contributed by atoms with Gasteiger partial charge in [-0.25, -0.2) is 0 Å². The molecule has 0 N–H and O–H groups in total. The summed E-state index contributed by atoms with van der Waals surface area (Å²) < 4.78 is 0. The molecule has 5 aromatic carbocycles. The summed E-state index contributed by atoms with van der Waals surface area (Å²) in [5, 5.41) is 16.4. The third kappa shape index (κ3) is 3.74. The summed E-state index contributed by atoms with van der Waals surface area (Å²) in [5.74, 6) is 0. The van der Waals surface area contributed by atoms with E-state index in [0.717, 1.165) is 39.0 Å². The molecule has 38 heavy (non-hydrogen) atoms. The summed E-state index contributed by atoms with van der Waals surface area (Å²) >= 11 is 0. The minimum atomic E-state index is 1.04. The van der Waals surface area contributed by atoms with Crippen molar-refractivity contribution in [1.82, 2.24) is 19.6 Å². The fourth-order valence-corrected chi connectivity index (χ4v) is 6.61. The molecule has 192 valence electrons. The maximum absolute atomic E-state index is 2.38. The van der Waals surface area contributed by atoms with Crippen LogP contribution in [-0.4, -0.2) is 74.0 Å². The van der Waals surface area contributed by atoms with Crippen molar-refractivity contribution >= 4 is 67.9 Å². The predicted octanol–water partition coefficient (Wildman–Crippen LogP) is 3.22. The molecular weight excluding hydrogens is 464 g/mol. The van der Waals surface area contributed by atoms with Crippen LogP contribution in [0.25, 0.3) is 67.9 Å². The van der Waals surface area contributed by atoms with Crippen LogP contribution in [0.5, 0.6) is 0 Å². The minimum absolute atomic E-state index is 1.04. The molecule has 0 spiro atoms. The van der Waals surface area contributed by atoms with Crippen molar-refractivity contribution in [3.8, 4) is 0 Å². The SMILES string of the molecule is CN(C)CCCN1C=c2ccc3c4ccc5c6c(ccc(c7ccc(c2c37)=C1)c64)=CN(CCCN(C)C)C=5. The maximum atomic E-state index is 2.38. The summed E-state index contributed by atoms with van der Waals surface area (Å²) in [5.41, 5.74) is 0. The maximum Gasteiger partial charge on any atom is 0.0232 e. The lowest BCUT2D eigenvalue weighted by Crippen LogP contribution is -2.29. The molecule has 0 atom stereocenters. The van der Waals surface area contributed by atoms with E-state index < -0.39 is 0 Å². The number of hydrogen-bond donors (Lipinski definition) is 0. The summed E-state index contributed by atoms with van der Waals surface area (Å²) in [6.45, 7) is 4.28. The predicted molar refractivity (Wildman–Crippen MR) is 164 cm³/mol. The van der Waals surface area contributed by atoms with E-state index in [9.17, 15) is 0 Å². The van der Waals surface area contributed by atoms with E-state index in [1.54, 1.807) is 0 Å². The quantitative estimate of drug-likeness (QED) is 0.240. The average molecular weight is 501 g/mol. The molecule has 7 rings (SSSR count). The second kappa shape index (κ2) is 9.00. The van der Waals surface area contributed by atoms with Gasteiger partial charge in [-0.2, -0.15) is 0 Å². The summed E-state index contributed by atoms with van der Waals surface area (Å²) in [6, 6.07) is 18.8. The van der Waals surface area contributed by atoms with E-state index in [-0.39, 0.29) is 0 Å². The highest BCUT2D eigenvalue weighted by molar-refractivity contribution is 6.33. The minimum Gasteiger partial charge on any atom is -0.353 e. The number of benzene rings is 5. The lowest BCUT2D eigenvalue weighted by Gasteiger charge is -2.23. The van der Waals surface area contributed by atoms with Gasteiger partial charge in [-0.15, -0.1) is 0 Å². The van der Waals surface area contributed by atoms with Crippen LogP contribution in [0.15, 0.2) is 48.5 Å². The fourth-order valence-electron chi connectivity index (χ4n) is 6.61. The van der Waals surface area contributed by atoms with Crippen LogP contribution in [0.3, 0.4) is 0 Å². The van der Waals surface area contributed by atoms with Crippen LogP contribution < -0.4 is 20.9 Å². The van der Waals surface area contributed by atoms with Crippen LogP contribution in [0.1, 0.15) is 12.8 Å². The van der Waals surface area contributed by atoms with Gasteiger partial charge in [0, 0.05) is 48.7 Å². The molecule has 0 fully saturated rings. The molecule has 4 nitrogen and oxygen atoms in total. The molecule has 2 aliphatic heterocycles. The molecular formula is C34H36N4. The van der Waals surface area contributed by atoms with Crippen LogP contribution in [0.4, 0.5) is 0 Å². The van der Waals surface area contributed by atoms with Gasteiger partial charge in [-0.05, 0) is 107 Å². The molecule has 2 aliphatic rings. The van der Waals surface area contributed by atoms with Crippen molar-refractivity contribution in [1.29, 1.82) is 0 Å². The monoisotopic (exact) mass is 500 g/mol. The fraction of sp³-hybridized carbons (Fsp3) is 0.294. The zero-order valence-corrected chi connectivity index (χ0v) is 23.0. The van der Waals surface area contributed by atoms with Gasteiger partial charge in [0.2, 0.25) is 0 Å². The Labute approximate surface area is 224 Å². The largest absolute Gasteiger partial charge is 0.353 e. The lowest BCUT2D eigenvalue weighted by molar-refractivity contribution is 0.382. The van der Waals surface area contributed by atoms with Crippen molar-refractivity contribution in [2.24, 2.45) is 0 Å². The Kier molecular flexibility index (Phi) is 5.57. The molecule has 0 saturated heterocycles. The van der Waals surface area contributed by atoms with Gasteiger partial charge >= 0.3 is 0 Å². The molecule has 4 heteroatoms. The Morgan fingerprint density at radius 3 is 1.05 bits per heavy atom. The van der Waals surface area contributed by atoms with E-state index in [4.69, 9.17) is 0 Å². The Morgan fingerprint density at radius 1 is 0.447 bits per heavy atom. The first-order valence-corrected chi connectivity index (χ1v) is 13.9. The standard InChI is InChI=1S/C34H36N4/c1-35(2)15-5-17-37-19-23-7-11-27-29-13-9-25-21-38(18-6-16-36(3)4)22-26-10-14-30(34(29)32(25)26)28-12-8-24(20-37)31(23)33(27)28/h7-14,19-22H,5-6,15-18H2,1-4H3. The first-order chi connectivity index (χ1) is 18.5. The van der Waals surface area contributed by atoms with E-state index in [0.29, 0.717) is 0 Å². The van der Waals surface area contributed by atoms with Gasteiger partial charge in [-0.1, -0.05) is 48.5 Å². The van der Waals surface area contributed by atoms with Gasteiger partial charge in [0.15, 0.2) is 0 Å². The van der Waals surface area contributed by atoms with Crippen molar-refractivity contribution in [2.75, 3.05) is 54.4 Å². The van der Waals surface area contributed by atoms with Gasteiger partial charge in [0.25, 0.3) is 0 Å². The molecule has 0 amide bonds. The second-order valence-corrected chi connectivity index (χ2v) is 11.6. The molecule has 5 aromatic rings. The highest BCUT2D eigenvalue weighted by atomic mass is 15.1. The van der Waals surface area contributed by atoms with Gasteiger partial charge < -0.3 is 19.6 Å². The van der Waals surface area contributed by atoms with Crippen LogP contribution >= 0.6 is 0 Å². The third-order valence-corrected chi connectivity index (χ3v) is 8.29. The lowest BCUT2D eigenvalue weighted by atomic mass is 9.87. The number of nitrogens with zero attached hydrogens (tertiary/aromatic N) is 4. The van der Waals surface area contributed by atoms with Crippen molar-refractivity contribution < 1.29 is 0 Å². The number of rotatable bonds is 8. The molecule has 0 aliphatic carbocycles. The van der Waals surface area contributed by atoms with Gasteiger partial charge in [0.05, 0.1) is 0 Å². The summed E-state index contributed by atoms with van der Waals surface area (Å²) in [7, 11) is 8.58. The first-order valence-electron chi connectivity index (χ1n) is 13.9. The van der Waals surface area contributed by atoms with Crippen LogP contribution in [-0.2, 0) is 0 Å². The van der Waals surface area contributed by atoms with E-state index in [1.165, 1.54) is 64.0 Å². The Hall–Kier alpha value is -3.60. The van der Waals surface area contributed by atoms with E-state index in [2.05, 4.69) is 121 Å². The number of hydrogen-bond acceptors (Lipinski definition) is 4. The highest BCUT2D eigenvalue weighted by Gasteiger charge is 2.18. The van der Waals surface area contributed by atoms with Gasteiger partial charge in [0.1, 0.15) is 0 Å².